The van der Waals surface area contributed by atoms with Crippen molar-refractivity contribution in [2.24, 2.45) is 0 Å². The number of nitro benzene ring substituents is 1. The average molecular weight is 329 g/mol. The molecular weight excluding hydrogens is 317 g/mol. The van der Waals surface area contributed by atoms with Gasteiger partial charge in [-0.3, -0.25) is 15.1 Å². The Morgan fingerprint density at radius 1 is 1.21 bits per heavy atom. The number of methoxy groups -OCH3 is 1. The van der Waals surface area contributed by atoms with E-state index in [1.54, 1.807) is 18.2 Å². The van der Waals surface area contributed by atoms with Crippen molar-refractivity contribution in [3.8, 4) is 17.2 Å². The molecule has 0 radical (unpaired) electrons. The fourth-order valence-electron chi connectivity index (χ4n) is 2.26. The van der Waals surface area contributed by atoms with Gasteiger partial charge >= 0.3 is 5.69 Å². The fraction of sp³-hybridized carbons (Fsp3) is 0.0625. The SMILES string of the molecule is COc1cc2nccc(Oc3ccc([N+](=O)[O-])c(F)c3)c2cc1N. The Labute approximate surface area is 135 Å². The molecule has 0 bridgehead atoms. The van der Waals surface area contributed by atoms with Gasteiger partial charge < -0.3 is 15.2 Å². The zero-order valence-electron chi connectivity index (χ0n) is 12.5. The Balaban J connectivity index is 2.03. The molecule has 0 aliphatic heterocycles. The largest absolute Gasteiger partial charge is 0.495 e. The van der Waals surface area contributed by atoms with Gasteiger partial charge in [0, 0.05) is 29.8 Å². The summed E-state index contributed by atoms with van der Waals surface area (Å²) in [6.45, 7) is 0. The summed E-state index contributed by atoms with van der Waals surface area (Å²) in [7, 11) is 1.50. The maximum atomic E-state index is 13.7. The first kappa shape index (κ1) is 15.5. The number of benzene rings is 2. The van der Waals surface area contributed by atoms with Crippen LogP contribution in [-0.4, -0.2) is 17.0 Å². The highest BCUT2D eigenvalue weighted by molar-refractivity contribution is 5.90. The number of nitrogens with zero attached hydrogens (tertiary/aromatic N) is 2. The Morgan fingerprint density at radius 2 is 2.00 bits per heavy atom. The molecular formula is C16H12FN3O4. The van der Waals surface area contributed by atoms with Crippen molar-refractivity contribution in [3.05, 3.63) is 58.5 Å². The lowest BCUT2D eigenvalue weighted by Crippen LogP contribution is -1.95. The second-order valence-electron chi connectivity index (χ2n) is 4.89. The van der Waals surface area contributed by atoms with E-state index in [0.717, 1.165) is 12.1 Å². The quantitative estimate of drug-likeness (QED) is 0.445. The molecule has 24 heavy (non-hydrogen) atoms. The number of nitrogen functional groups attached to an aromatic ring is 1. The summed E-state index contributed by atoms with van der Waals surface area (Å²) < 4.78 is 24.5. The Bertz CT molecular complexity index is 946. The summed E-state index contributed by atoms with van der Waals surface area (Å²) in [5.74, 6) is 0.0215. The fourth-order valence-corrected chi connectivity index (χ4v) is 2.26. The summed E-state index contributed by atoms with van der Waals surface area (Å²) in [5.41, 5.74) is 6.26. The van der Waals surface area contributed by atoms with Crippen molar-refractivity contribution in [1.82, 2.24) is 4.98 Å². The molecule has 0 fully saturated rings. The highest BCUT2D eigenvalue weighted by Crippen LogP contribution is 2.35. The maximum absolute atomic E-state index is 13.7. The van der Waals surface area contributed by atoms with Crippen molar-refractivity contribution in [2.75, 3.05) is 12.8 Å². The van der Waals surface area contributed by atoms with E-state index in [2.05, 4.69) is 4.98 Å². The van der Waals surface area contributed by atoms with Crippen LogP contribution in [0, 0.1) is 15.9 Å². The molecule has 8 heteroatoms. The summed E-state index contributed by atoms with van der Waals surface area (Å²) in [6.07, 6.45) is 1.52. The van der Waals surface area contributed by atoms with Crippen LogP contribution in [0.15, 0.2) is 42.6 Å². The van der Waals surface area contributed by atoms with Gasteiger partial charge in [-0.05, 0) is 18.2 Å². The number of aromatic nitrogens is 1. The van der Waals surface area contributed by atoms with Crippen LogP contribution in [-0.2, 0) is 0 Å². The van der Waals surface area contributed by atoms with Gasteiger partial charge in [0.25, 0.3) is 0 Å². The second-order valence-corrected chi connectivity index (χ2v) is 4.89. The lowest BCUT2D eigenvalue weighted by Gasteiger charge is -2.11. The van der Waals surface area contributed by atoms with E-state index in [9.17, 15) is 14.5 Å². The van der Waals surface area contributed by atoms with Crippen LogP contribution in [0.5, 0.6) is 17.2 Å². The van der Waals surface area contributed by atoms with E-state index in [0.29, 0.717) is 28.1 Å². The number of ether oxygens (including phenoxy) is 2. The highest BCUT2D eigenvalue weighted by atomic mass is 19.1. The van der Waals surface area contributed by atoms with E-state index >= 15 is 0 Å². The first-order chi connectivity index (χ1) is 11.5. The number of fused-ring (bicyclic) bond motifs is 1. The second kappa shape index (κ2) is 5.99. The van der Waals surface area contributed by atoms with Gasteiger partial charge in [0.15, 0.2) is 0 Å². The van der Waals surface area contributed by atoms with Crippen LogP contribution < -0.4 is 15.2 Å². The summed E-state index contributed by atoms with van der Waals surface area (Å²) in [4.78, 5) is 14.1. The van der Waals surface area contributed by atoms with Crippen LogP contribution in [0.2, 0.25) is 0 Å². The smallest absolute Gasteiger partial charge is 0.305 e. The van der Waals surface area contributed by atoms with E-state index in [1.807, 2.05) is 0 Å². The summed E-state index contributed by atoms with van der Waals surface area (Å²) in [6, 6.07) is 8.21. The molecule has 0 aliphatic rings. The van der Waals surface area contributed by atoms with Crippen molar-refractivity contribution in [1.29, 1.82) is 0 Å². The first-order valence-corrected chi connectivity index (χ1v) is 6.83. The van der Waals surface area contributed by atoms with Crippen LogP contribution in [0.1, 0.15) is 0 Å². The third-order valence-electron chi connectivity index (χ3n) is 3.40. The zero-order chi connectivity index (χ0) is 17.3. The summed E-state index contributed by atoms with van der Waals surface area (Å²) >= 11 is 0. The van der Waals surface area contributed by atoms with E-state index in [-0.39, 0.29) is 5.75 Å². The van der Waals surface area contributed by atoms with Crippen molar-refractivity contribution in [3.63, 3.8) is 0 Å². The predicted octanol–water partition coefficient (Wildman–Crippen LogP) is 3.67. The van der Waals surface area contributed by atoms with Crippen LogP contribution in [0.4, 0.5) is 15.8 Å². The standard InChI is InChI=1S/C16H12FN3O4/c1-23-16-8-13-10(7-12(16)18)15(4-5-19-13)24-9-2-3-14(20(21)22)11(17)6-9/h2-8H,18H2,1H3. The molecule has 0 saturated heterocycles. The number of nitro groups is 1. The maximum Gasteiger partial charge on any atom is 0.305 e. The average Bonchev–Trinajstić information content (AvgIpc) is 2.54. The number of rotatable bonds is 4. The summed E-state index contributed by atoms with van der Waals surface area (Å²) in [5, 5.41) is 11.3. The number of anilines is 1. The zero-order valence-corrected chi connectivity index (χ0v) is 12.5. The molecule has 0 spiro atoms. The molecule has 0 unspecified atom stereocenters. The topological polar surface area (TPSA) is 101 Å². The molecule has 0 atom stereocenters. The number of nitrogens with two attached hydrogens (primary N) is 1. The van der Waals surface area contributed by atoms with Gasteiger partial charge in [-0.25, -0.2) is 0 Å². The van der Waals surface area contributed by atoms with E-state index in [1.165, 1.54) is 19.4 Å². The molecule has 1 aromatic heterocycles. The Morgan fingerprint density at radius 3 is 2.67 bits per heavy atom. The minimum Gasteiger partial charge on any atom is -0.495 e. The molecule has 0 aliphatic carbocycles. The molecule has 122 valence electrons. The molecule has 1 heterocycles. The normalized spacial score (nSPS) is 10.6. The lowest BCUT2D eigenvalue weighted by atomic mass is 10.1. The molecule has 0 saturated carbocycles. The number of hydrogen-bond donors (Lipinski definition) is 1. The Hall–Kier alpha value is -3.42. The molecule has 2 aromatic carbocycles. The molecule has 3 rings (SSSR count). The van der Waals surface area contributed by atoms with Gasteiger partial charge in [-0.15, -0.1) is 0 Å². The highest BCUT2D eigenvalue weighted by Gasteiger charge is 2.15. The van der Waals surface area contributed by atoms with Gasteiger partial charge in [-0.2, -0.15) is 4.39 Å². The minimum atomic E-state index is -0.975. The number of halogens is 1. The van der Waals surface area contributed by atoms with Gasteiger partial charge in [0.1, 0.15) is 17.2 Å². The van der Waals surface area contributed by atoms with Gasteiger partial charge in [0.05, 0.1) is 23.2 Å². The van der Waals surface area contributed by atoms with E-state index in [4.69, 9.17) is 15.2 Å². The lowest BCUT2D eigenvalue weighted by molar-refractivity contribution is -0.387. The van der Waals surface area contributed by atoms with Crippen LogP contribution in [0.3, 0.4) is 0 Å². The van der Waals surface area contributed by atoms with Crippen molar-refractivity contribution < 1.29 is 18.8 Å². The molecule has 3 aromatic rings. The van der Waals surface area contributed by atoms with Gasteiger partial charge in [-0.1, -0.05) is 0 Å². The van der Waals surface area contributed by atoms with Gasteiger partial charge in [0.2, 0.25) is 5.82 Å². The van der Waals surface area contributed by atoms with E-state index < -0.39 is 16.4 Å². The molecule has 7 nitrogen and oxygen atoms in total. The monoisotopic (exact) mass is 329 g/mol. The molecule has 2 N–H and O–H groups in total. The third-order valence-corrected chi connectivity index (χ3v) is 3.40. The number of pyridine rings is 1. The van der Waals surface area contributed by atoms with Crippen molar-refractivity contribution >= 4 is 22.3 Å². The van der Waals surface area contributed by atoms with Crippen LogP contribution >= 0.6 is 0 Å². The Kier molecular flexibility index (Phi) is 3.87. The molecule has 0 amide bonds. The number of hydrogen-bond acceptors (Lipinski definition) is 6. The van der Waals surface area contributed by atoms with Crippen molar-refractivity contribution in [2.45, 2.75) is 0 Å². The van der Waals surface area contributed by atoms with Crippen LogP contribution in [0.25, 0.3) is 10.9 Å². The first-order valence-electron chi connectivity index (χ1n) is 6.83. The predicted molar refractivity (Wildman–Crippen MR) is 85.8 cm³/mol. The minimum absolute atomic E-state index is 0.125. The third kappa shape index (κ3) is 2.76.